The van der Waals surface area contributed by atoms with E-state index in [0.717, 1.165) is 11.3 Å². The van der Waals surface area contributed by atoms with E-state index in [2.05, 4.69) is 24.9 Å². The summed E-state index contributed by atoms with van der Waals surface area (Å²) in [6, 6.07) is 3.96. The molecule has 3 rings (SSSR count). The van der Waals surface area contributed by atoms with Crippen LogP contribution in [0.15, 0.2) is 30.7 Å². The second-order valence-corrected chi connectivity index (χ2v) is 4.24. The molecule has 6 heteroatoms. The SMILES string of the molecule is Cc1ccc(Cc2nc(N)c3nccnc3n2)cn1. The highest BCUT2D eigenvalue weighted by atomic mass is 15.0. The van der Waals surface area contributed by atoms with E-state index in [9.17, 15) is 0 Å². The summed E-state index contributed by atoms with van der Waals surface area (Å²) < 4.78 is 0. The molecule has 0 spiro atoms. The molecule has 0 saturated heterocycles. The lowest BCUT2D eigenvalue weighted by Crippen LogP contribution is -2.04. The molecule has 0 aliphatic heterocycles. The second-order valence-electron chi connectivity index (χ2n) is 4.24. The van der Waals surface area contributed by atoms with Gasteiger partial charge in [-0.15, -0.1) is 0 Å². The van der Waals surface area contributed by atoms with E-state index in [0.29, 0.717) is 29.2 Å². The van der Waals surface area contributed by atoms with E-state index in [1.807, 2.05) is 25.3 Å². The maximum atomic E-state index is 5.87. The van der Waals surface area contributed by atoms with Crippen molar-refractivity contribution in [1.29, 1.82) is 0 Å². The van der Waals surface area contributed by atoms with Crippen molar-refractivity contribution < 1.29 is 0 Å². The smallest absolute Gasteiger partial charge is 0.183 e. The van der Waals surface area contributed by atoms with E-state index >= 15 is 0 Å². The summed E-state index contributed by atoms with van der Waals surface area (Å²) >= 11 is 0. The number of nitrogens with zero attached hydrogens (tertiary/aromatic N) is 5. The van der Waals surface area contributed by atoms with E-state index in [1.54, 1.807) is 12.4 Å². The number of rotatable bonds is 2. The summed E-state index contributed by atoms with van der Waals surface area (Å²) in [6.07, 6.45) is 5.55. The van der Waals surface area contributed by atoms with Crippen LogP contribution in [0, 0.1) is 6.92 Å². The molecular weight excluding hydrogens is 240 g/mol. The van der Waals surface area contributed by atoms with Gasteiger partial charge >= 0.3 is 0 Å². The molecule has 0 atom stereocenters. The summed E-state index contributed by atoms with van der Waals surface area (Å²) in [4.78, 5) is 21.1. The number of anilines is 1. The predicted octanol–water partition coefficient (Wildman–Crippen LogP) is 1.30. The zero-order chi connectivity index (χ0) is 13.2. The molecule has 3 aromatic heterocycles. The quantitative estimate of drug-likeness (QED) is 0.739. The zero-order valence-corrected chi connectivity index (χ0v) is 10.4. The first-order chi connectivity index (χ1) is 9.22. The number of nitrogens with two attached hydrogens (primary N) is 1. The van der Waals surface area contributed by atoms with Crippen LogP contribution in [0.25, 0.3) is 11.2 Å². The molecule has 0 fully saturated rings. The fourth-order valence-electron chi connectivity index (χ4n) is 1.80. The summed E-state index contributed by atoms with van der Waals surface area (Å²) in [5.41, 5.74) is 8.94. The van der Waals surface area contributed by atoms with Gasteiger partial charge in [0.15, 0.2) is 11.5 Å². The van der Waals surface area contributed by atoms with Gasteiger partial charge in [0, 0.05) is 30.7 Å². The monoisotopic (exact) mass is 252 g/mol. The number of fused-ring (bicyclic) bond motifs is 1. The molecule has 3 heterocycles. The van der Waals surface area contributed by atoms with Crippen LogP contribution in [0.2, 0.25) is 0 Å². The second kappa shape index (κ2) is 4.56. The minimum absolute atomic E-state index is 0.355. The number of hydrogen-bond acceptors (Lipinski definition) is 6. The third-order valence-corrected chi connectivity index (χ3v) is 2.74. The van der Waals surface area contributed by atoms with Crippen molar-refractivity contribution in [3.05, 3.63) is 47.8 Å². The predicted molar refractivity (Wildman–Crippen MR) is 71.3 cm³/mol. The standard InChI is InChI=1S/C13H12N6/c1-8-2-3-9(7-17-8)6-10-18-12(14)11-13(19-10)16-5-4-15-11/h2-5,7H,6H2,1H3,(H2,14,16,18,19). The fourth-order valence-corrected chi connectivity index (χ4v) is 1.80. The summed E-state index contributed by atoms with van der Waals surface area (Å²) in [5, 5.41) is 0. The van der Waals surface area contributed by atoms with Crippen LogP contribution in [0.1, 0.15) is 17.1 Å². The van der Waals surface area contributed by atoms with Crippen LogP contribution in [0.5, 0.6) is 0 Å². The number of aryl methyl sites for hydroxylation is 1. The Balaban J connectivity index is 1.99. The number of nitrogen functional groups attached to an aromatic ring is 1. The first-order valence-electron chi connectivity index (χ1n) is 5.87. The van der Waals surface area contributed by atoms with Gasteiger partial charge in [0.1, 0.15) is 11.3 Å². The molecule has 0 bridgehead atoms. The number of aromatic nitrogens is 5. The fraction of sp³-hybridized carbons (Fsp3) is 0.154. The van der Waals surface area contributed by atoms with E-state index < -0.39 is 0 Å². The van der Waals surface area contributed by atoms with Gasteiger partial charge in [0.25, 0.3) is 0 Å². The molecule has 0 aliphatic rings. The first-order valence-corrected chi connectivity index (χ1v) is 5.87. The van der Waals surface area contributed by atoms with Gasteiger partial charge in [-0.2, -0.15) is 0 Å². The third kappa shape index (κ3) is 2.33. The molecule has 94 valence electrons. The first kappa shape index (κ1) is 11.5. The van der Waals surface area contributed by atoms with Crippen molar-refractivity contribution in [2.45, 2.75) is 13.3 Å². The molecule has 0 unspecified atom stereocenters. The molecular formula is C13H12N6. The average molecular weight is 252 g/mol. The molecule has 3 aromatic rings. The molecule has 2 N–H and O–H groups in total. The van der Waals surface area contributed by atoms with Crippen LogP contribution >= 0.6 is 0 Å². The van der Waals surface area contributed by atoms with Gasteiger partial charge in [0.05, 0.1) is 0 Å². The topological polar surface area (TPSA) is 90.5 Å². The summed E-state index contributed by atoms with van der Waals surface area (Å²) in [7, 11) is 0. The molecule has 0 aliphatic carbocycles. The highest BCUT2D eigenvalue weighted by Gasteiger charge is 2.07. The van der Waals surface area contributed by atoms with Crippen molar-refractivity contribution in [2.75, 3.05) is 5.73 Å². The normalized spacial score (nSPS) is 10.8. The van der Waals surface area contributed by atoms with Gasteiger partial charge in [-0.1, -0.05) is 6.07 Å². The highest BCUT2D eigenvalue weighted by Crippen LogP contribution is 2.14. The Morgan fingerprint density at radius 1 is 1.05 bits per heavy atom. The van der Waals surface area contributed by atoms with Crippen molar-refractivity contribution >= 4 is 17.0 Å². The molecule has 0 amide bonds. The van der Waals surface area contributed by atoms with Crippen molar-refractivity contribution in [3.8, 4) is 0 Å². The van der Waals surface area contributed by atoms with Gasteiger partial charge in [0.2, 0.25) is 0 Å². The molecule has 19 heavy (non-hydrogen) atoms. The minimum Gasteiger partial charge on any atom is -0.382 e. The third-order valence-electron chi connectivity index (χ3n) is 2.74. The molecule has 0 radical (unpaired) electrons. The van der Waals surface area contributed by atoms with Crippen molar-refractivity contribution in [3.63, 3.8) is 0 Å². The number of pyridine rings is 1. The minimum atomic E-state index is 0.355. The maximum absolute atomic E-state index is 5.87. The van der Waals surface area contributed by atoms with E-state index in [1.165, 1.54) is 0 Å². The molecule has 0 saturated carbocycles. The van der Waals surface area contributed by atoms with Crippen LogP contribution in [0.3, 0.4) is 0 Å². The molecule has 0 aromatic carbocycles. The van der Waals surface area contributed by atoms with Crippen LogP contribution in [0.4, 0.5) is 5.82 Å². The lowest BCUT2D eigenvalue weighted by molar-refractivity contribution is 0.971. The van der Waals surface area contributed by atoms with Crippen LogP contribution in [-0.2, 0) is 6.42 Å². The maximum Gasteiger partial charge on any atom is 0.183 e. The highest BCUT2D eigenvalue weighted by molar-refractivity contribution is 5.80. The summed E-state index contributed by atoms with van der Waals surface area (Å²) in [6.45, 7) is 1.95. The van der Waals surface area contributed by atoms with Gasteiger partial charge in [-0.25, -0.2) is 19.9 Å². The largest absolute Gasteiger partial charge is 0.382 e. The Morgan fingerprint density at radius 2 is 1.89 bits per heavy atom. The van der Waals surface area contributed by atoms with E-state index in [4.69, 9.17) is 5.73 Å². The van der Waals surface area contributed by atoms with Crippen LogP contribution in [-0.4, -0.2) is 24.9 Å². The van der Waals surface area contributed by atoms with Gasteiger partial charge < -0.3 is 5.73 Å². The van der Waals surface area contributed by atoms with Crippen molar-refractivity contribution in [1.82, 2.24) is 24.9 Å². The Morgan fingerprint density at radius 3 is 2.68 bits per heavy atom. The number of hydrogen-bond donors (Lipinski definition) is 1. The average Bonchev–Trinajstić information content (AvgIpc) is 2.42. The van der Waals surface area contributed by atoms with E-state index in [-0.39, 0.29) is 0 Å². The Bertz CT molecular complexity index is 723. The van der Waals surface area contributed by atoms with Gasteiger partial charge in [-0.3, -0.25) is 4.98 Å². The Kier molecular flexibility index (Phi) is 2.75. The Hall–Kier alpha value is -2.63. The summed E-state index contributed by atoms with van der Waals surface area (Å²) in [5.74, 6) is 0.976. The van der Waals surface area contributed by atoms with Crippen molar-refractivity contribution in [2.24, 2.45) is 0 Å². The lowest BCUT2D eigenvalue weighted by atomic mass is 10.2. The lowest BCUT2D eigenvalue weighted by Gasteiger charge is -2.04. The Labute approximate surface area is 109 Å². The van der Waals surface area contributed by atoms with Gasteiger partial charge in [-0.05, 0) is 18.6 Å². The zero-order valence-electron chi connectivity index (χ0n) is 10.4. The van der Waals surface area contributed by atoms with Crippen LogP contribution < -0.4 is 5.73 Å². The molecule has 6 nitrogen and oxygen atoms in total.